The largest absolute Gasteiger partial charge is 0.507 e. The number of halogens is 2. The third-order valence-electron chi connectivity index (χ3n) is 6.00. The van der Waals surface area contributed by atoms with E-state index in [0.717, 1.165) is 18.8 Å². The number of rotatable bonds is 6. The van der Waals surface area contributed by atoms with E-state index in [1.54, 1.807) is 24.3 Å². The smallest absolute Gasteiger partial charge is 0.300 e. The van der Waals surface area contributed by atoms with Gasteiger partial charge in [-0.2, -0.15) is 0 Å². The number of amides is 1. The number of hydrogen-bond acceptors (Lipinski definition) is 4. The van der Waals surface area contributed by atoms with Gasteiger partial charge in [0.1, 0.15) is 11.6 Å². The van der Waals surface area contributed by atoms with Gasteiger partial charge in [0.15, 0.2) is 0 Å². The van der Waals surface area contributed by atoms with Gasteiger partial charge >= 0.3 is 0 Å². The summed E-state index contributed by atoms with van der Waals surface area (Å²) < 4.78 is 13.4. The first-order valence-corrected chi connectivity index (χ1v) is 11.4. The summed E-state index contributed by atoms with van der Waals surface area (Å²) in [5.41, 5.74) is 2.34. The van der Waals surface area contributed by atoms with Crippen molar-refractivity contribution in [3.63, 3.8) is 0 Å². The molecule has 174 valence electrons. The first-order valence-electron chi connectivity index (χ1n) is 11.0. The zero-order valence-corrected chi connectivity index (χ0v) is 19.6. The number of carbonyl (C=O) groups is 2. The summed E-state index contributed by atoms with van der Waals surface area (Å²) in [6.07, 6.45) is 0. The number of Topliss-reactive ketones (excluding diaryl/α,β-unsaturated/α-hetero) is 1. The molecule has 0 spiro atoms. The van der Waals surface area contributed by atoms with Gasteiger partial charge in [0.2, 0.25) is 0 Å². The maximum atomic E-state index is 13.4. The summed E-state index contributed by atoms with van der Waals surface area (Å²) in [6.45, 7) is 5.80. The second kappa shape index (κ2) is 9.69. The Morgan fingerprint density at radius 1 is 0.941 bits per heavy atom. The van der Waals surface area contributed by atoms with Crippen molar-refractivity contribution < 1.29 is 19.1 Å². The van der Waals surface area contributed by atoms with Gasteiger partial charge in [0.25, 0.3) is 11.7 Å². The molecule has 1 N–H and O–H groups in total. The second-order valence-electron chi connectivity index (χ2n) is 7.92. The summed E-state index contributed by atoms with van der Waals surface area (Å²) >= 11 is 6.03. The van der Waals surface area contributed by atoms with E-state index in [1.165, 1.54) is 29.2 Å². The van der Waals surface area contributed by atoms with Crippen molar-refractivity contribution in [1.29, 1.82) is 0 Å². The number of aliphatic hydroxyl groups excluding tert-OH is 1. The van der Waals surface area contributed by atoms with Crippen LogP contribution in [0.15, 0.2) is 78.4 Å². The zero-order valence-electron chi connectivity index (χ0n) is 18.8. The van der Waals surface area contributed by atoms with Gasteiger partial charge in [-0.3, -0.25) is 14.5 Å². The summed E-state index contributed by atoms with van der Waals surface area (Å²) in [5, 5.41) is 11.6. The number of ketones is 1. The van der Waals surface area contributed by atoms with Crippen molar-refractivity contribution in [3.05, 3.63) is 100 Å². The Balaban J connectivity index is 1.88. The molecule has 0 radical (unpaired) electrons. The molecule has 1 unspecified atom stereocenters. The monoisotopic (exact) mass is 478 g/mol. The molecule has 1 heterocycles. The fourth-order valence-electron chi connectivity index (χ4n) is 4.24. The molecule has 1 saturated heterocycles. The van der Waals surface area contributed by atoms with Crippen molar-refractivity contribution in [3.8, 4) is 0 Å². The molecule has 4 rings (SSSR count). The second-order valence-corrected chi connectivity index (χ2v) is 8.35. The van der Waals surface area contributed by atoms with Crippen LogP contribution in [0.4, 0.5) is 15.8 Å². The van der Waals surface area contributed by atoms with Crippen LogP contribution >= 0.6 is 11.6 Å². The Hall–Kier alpha value is -3.64. The number of benzene rings is 3. The third-order valence-corrected chi connectivity index (χ3v) is 6.26. The summed E-state index contributed by atoms with van der Waals surface area (Å²) in [7, 11) is 0. The predicted molar refractivity (Wildman–Crippen MR) is 133 cm³/mol. The minimum absolute atomic E-state index is 0.0536. The molecule has 5 nitrogen and oxygen atoms in total. The van der Waals surface area contributed by atoms with Gasteiger partial charge in [-0.25, -0.2) is 4.39 Å². The lowest BCUT2D eigenvalue weighted by Crippen LogP contribution is -2.29. The number of carbonyl (C=O) groups excluding carboxylic acids is 2. The Morgan fingerprint density at radius 3 is 2.09 bits per heavy atom. The van der Waals surface area contributed by atoms with Crippen LogP contribution in [-0.4, -0.2) is 29.9 Å². The van der Waals surface area contributed by atoms with Crippen LogP contribution in [0.3, 0.4) is 0 Å². The Kier molecular flexibility index (Phi) is 6.70. The summed E-state index contributed by atoms with van der Waals surface area (Å²) in [6, 6.07) is 18.4. The lowest BCUT2D eigenvalue weighted by Gasteiger charge is -2.27. The van der Waals surface area contributed by atoms with E-state index >= 15 is 0 Å². The van der Waals surface area contributed by atoms with Gasteiger partial charge in [0.05, 0.1) is 11.6 Å². The Labute approximate surface area is 202 Å². The summed E-state index contributed by atoms with van der Waals surface area (Å²) in [4.78, 5) is 29.9. The van der Waals surface area contributed by atoms with Crippen molar-refractivity contribution >= 4 is 40.4 Å². The fourth-order valence-corrected chi connectivity index (χ4v) is 4.36. The molecule has 1 aliphatic heterocycles. The average molecular weight is 479 g/mol. The molecule has 7 heteroatoms. The Bertz CT molecular complexity index is 1230. The third kappa shape index (κ3) is 4.29. The molecule has 0 aromatic heterocycles. The standard InChI is InChI=1S/C27H24ClFN2O3/c1-3-30(4-2)21-13-7-17(8-14-21)24-23(25(32)18-5-11-20(29)12-6-18)26(33)27(34)31(24)22-15-9-19(28)10-16-22/h5-16,24,32H,3-4H2,1-2H3/b25-23-. The van der Waals surface area contributed by atoms with E-state index in [9.17, 15) is 19.1 Å². The van der Waals surface area contributed by atoms with Crippen LogP contribution < -0.4 is 9.80 Å². The van der Waals surface area contributed by atoms with Crippen LogP contribution in [0.2, 0.25) is 5.02 Å². The first-order chi connectivity index (χ1) is 16.3. The van der Waals surface area contributed by atoms with Crippen LogP contribution in [0, 0.1) is 5.82 Å². The molecule has 3 aromatic carbocycles. The lowest BCUT2D eigenvalue weighted by atomic mass is 9.95. The van der Waals surface area contributed by atoms with Gasteiger partial charge in [-0.1, -0.05) is 23.7 Å². The molecular formula is C27H24ClFN2O3. The van der Waals surface area contributed by atoms with Crippen LogP contribution in [-0.2, 0) is 9.59 Å². The van der Waals surface area contributed by atoms with E-state index < -0.39 is 23.5 Å². The van der Waals surface area contributed by atoms with E-state index in [-0.39, 0.29) is 16.9 Å². The number of aliphatic hydroxyl groups is 1. The maximum Gasteiger partial charge on any atom is 0.300 e. The fraction of sp³-hybridized carbons (Fsp3) is 0.185. The van der Waals surface area contributed by atoms with Crippen LogP contribution in [0.25, 0.3) is 5.76 Å². The topological polar surface area (TPSA) is 60.9 Å². The number of anilines is 2. The Morgan fingerprint density at radius 2 is 1.53 bits per heavy atom. The van der Waals surface area contributed by atoms with Crippen LogP contribution in [0.5, 0.6) is 0 Å². The van der Waals surface area contributed by atoms with E-state index in [0.29, 0.717) is 16.3 Å². The highest BCUT2D eigenvalue weighted by Crippen LogP contribution is 2.42. The van der Waals surface area contributed by atoms with E-state index in [4.69, 9.17) is 11.6 Å². The molecule has 1 amide bonds. The normalized spacial score (nSPS) is 17.3. The molecule has 1 fully saturated rings. The van der Waals surface area contributed by atoms with Gasteiger partial charge in [-0.05, 0) is 80.1 Å². The lowest BCUT2D eigenvalue weighted by molar-refractivity contribution is -0.132. The molecule has 1 atom stereocenters. The highest BCUT2D eigenvalue weighted by Gasteiger charge is 2.47. The first kappa shape index (κ1) is 23.5. The van der Waals surface area contributed by atoms with Gasteiger partial charge in [0, 0.05) is 35.1 Å². The summed E-state index contributed by atoms with van der Waals surface area (Å²) in [5.74, 6) is -2.40. The molecule has 0 aliphatic carbocycles. The molecule has 34 heavy (non-hydrogen) atoms. The van der Waals surface area contributed by atoms with E-state index in [2.05, 4.69) is 18.7 Å². The average Bonchev–Trinajstić information content (AvgIpc) is 3.11. The molecular weight excluding hydrogens is 455 g/mol. The molecule has 1 aliphatic rings. The van der Waals surface area contributed by atoms with Crippen molar-refractivity contribution in [2.24, 2.45) is 0 Å². The van der Waals surface area contributed by atoms with Gasteiger partial charge in [-0.15, -0.1) is 0 Å². The van der Waals surface area contributed by atoms with Gasteiger partial charge < -0.3 is 10.0 Å². The number of hydrogen-bond donors (Lipinski definition) is 1. The molecule has 0 bridgehead atoms. The highest BCUT2D eigenvalue weighted by atomic mass is 35.5. The van der Waals surface area contributed by atoms with Crippen molar-refractivity contribution in [1.82, 2.24) is 0 Å². The quantitative estimate of drug-likeness (QED) is 0.270. The zero-order chi connectivity index (χ0) is 24.4. The minimum Gasteiger partial charge on any atom is -0.507 e. The van der Waals surface area contributed by atoms with Crippen molar-refractivity contribution in [2.45, 2.75) is 19.9 Å². The van der Waals surface area contributed by atoms with E-state index in [1.807, 2.05) is 24.3 Å². The molecule has 3 aromatic rings. The maximum absolute atomic E-state index is 13.4. The predicted octanol–water partition coefficient (Wildman–Crippen LogP) is 5.95. The highest BCUT2D eigenvalue weighted by molar-refractivity contribution is 6.51. The molecule has 0 saturated carbocycles. The minimum atomic E-state index is -0.864. The SMILES string of the molecule is CCN(CC)c1ccc(C2/C(=C(/O)c3ccc(F)cc3)C(=O)C(=O)N2c2ccc(Cl)cc2)cc1. The van der Waals surface area contributed by atoms with Crippen molar-refractivity contribution in [2.75, 3.05) is 22.9 Å². The van der Waals surface area contributed by atoms with Crippen LogP contribution in [0.1, 0.15) is 31.0 Å². The number of nitrogens with zero attached hydrogens (tertiary/aromatic N) is 2.